The van der Waals surface area contributed by atoms with E-state index in [4.69, 9.17) is 0 Å². The average Bonchev–Trinajstić information content (AvgIpc) is 2.63. The van der Waals surface area contributed by atoms with Crippen molar-refractivity contribution in [3.8, 4) is 0 Å². The monoisotopic (exact) mass is 225 g/mol. The van der Waals surface area contributed by atoms with Crippen molar-refractivity contribution in [1.82, 2.24) is 9.97 Å². The second-order valence-corrected chi connectivity index (χ2v) is 5.73. The number of hydrogen-bond donors (Lipinski definition) is 2. The van der Waals surface area contributed by atoms with E-state index >= 15 is 0 Å². The molecule has 82 valence electrons. The minimum atomic E-state index is -0.114. The molecule has 15 heavy (non-hydrogen) atoms. The highest BCUT2D eigenvalue weighted by Crippen LogP contribution is 2.37. The topological polar surface area (TPSA) is 57.8 Å². The lowest BCUT2D eigenvalue weighted by atomic mass is 10.1. The quantitative estimate of drug-likeness (QED) is 0.818. The van der Waals surface area contributed by atoms with Crippen LogP contribution in [0.2, 0.25) is 0 Å². The van der Waals surface area contributed by atoms with E-state index < -0.39 is 0 Å². The van der Waals surface area contributed by atoms with Crippen LogP contribution in [-0.2, 0) is 0 Å². The zero-order chi connectivity index (χ0) is 10.7. The van der Waals surface area contributed by atoms with Crippen LogP contribution in [0.15, 0.2) is 17.2 Å². The van der Waals surface area contributed by atoms with Gasteiger partial charge < -0.3 is 10.3 Å². The SMILES string of the molecule is CC1(CNc2cc(=O)[nH]cn2)CCCS1. The summed E-state index contributed by atoms with van der Waals surface area (Å²) < 4.78 is 0.296. The van der Waals surface area contributed by atoms with Gasteiger partial charge in [-0.2, -0.15) is 11.8 Å². The third-order valence-corrected chi connectivity index (χ3v) is 4.16. The molecule has 0 bridgehead atoms. The molecule has 5 heteroatoms. The van der Waals surface area contributed by atoms with Gasteiger partial charge in [0.05, 0.1) is 6.33 Å². The van der Waals surface area contributed by atoms with Gasteiger partial charge in [0.15, 0.2) is 0 Å². The van der Waals surface area contributed by atoms with E-state index in [-0.39, 0.29) is 5.56 Å². The van der Waals surface area contributed by atoms with Crippen LogP contribution in [-0.4, -0.2) is 27.0 Å². The number of H-pyrrole nitrogens is 1. The predicted octanol–water partition coefficient (Wildman–Crippen LogP) is 1.47. The van der Waals surface area contributed by atoms with E-state index in [0.29, 0.717) is 10.6 Å². The first-order valence-corrected chi connectivity index (χ1v) is 6.09. The van der Waals surface area contributed by atoms with Crippen LogP contribution in [0.3, 0.4) is 0 Å². The van der Waals surface area contributed by atoms with Crippen LogP contribution in [0.25, 0.3) is 0 Å². The van der Waals surface area contributed by atoms with Gasteiger partial charge in [-0.15, -0.1) is 0 Å². The smallest absolute Gasteiger partial charge is 0.252 e. The second-order valence-electron chi connectivity index (χ2n) is 4.05. The molecule has 4 nitrogen and oxygen atoms in total. The van der Waals surface area contributed by atoms with Crippen molar-refractivity contribution in [3.05, 3.63) is 22.7 Å². The molecular weight excluding hydrogens is 210 g/mol. The lowest BCUT2D eigenvalue weighted by molar-refractivity contribution is 0.633. The molecule has 0 saturated carbocycles. The van der Waals surface area contributed by atoms with Crippen LogP contribution >= 0.6 is 11.8 Å². The Morgan fingerprint density at radius 3 is 3.27 bits per heavy atom. The summed E-state index contributed by atoms with van der Waals surface area (Å²) in [4.78, 5) is 17.6. The molecule has 1 saturated heterocycles. The van der Waals surface area contributed by atoms with Gasteiger partial charge in [0, 0.05) is 17.4 Å². The summed E-state index contributed by atoms with van der Waals surface area (Å²) in [7, 11) is 0. The maximum absolute atomic E-state index is 11.0. The van der Waals surface area contributed by atoms with Crippen molar-refractivity contribution in [2.45, 2.75) is 24.5 Å². The van der Waals surface area contributed by atoms with Gasteiger partial charge in [0.2, 0.25) is 0 Å². The molecule has 0 amide bonds. The van der Waals surface area contributed by atoms with E-state index in [2.05, 4.69) is 22.2 Å². The molecule has 2 rings (SSSR count). The Hall–Kier alpha value is -0.970. The molecule has 1 aliphatic rings. The summed E-state index contributed by atoms with van der Waals surface area (Å²) in [6.07, 6.45) is 3.94. The third-order valence-electron chi connectivity index (χ3n) is 2.62. The number of aromatic nitrogens is 2. The molecule has 0 aromatic carbocycles. The molecule has 2 N–H and O–H groups in total. The van der Waals surface area contributed by atoms with Gasteiger partial charge >= 0.3 is 0 Å². The molecule has 1 aliphatic heterocycles. The Morgan fingerprint density at radius 1 is 1.73 bits per heavy atom. The fourth-order valence-electron chi connectivity index (χ4n) is 1.72. The van der Waals surface area contributed by atoms with Crippen molar-refractivity contribution < 1.29 is 0 Å². The number of thioether (sulfide) groups is 1. The van der Waals surface area contributed by atoms with Crippen molar-refractivity contribution in [2.75, 3.05) is 17.6 Å². The van der Waals surface area contributed by atoms with E-state index in [1.165, 1.54) is 31.0 Å². The summed E-state index contributed by atoms with van der Waals surface area (Å²) in [6.45, 7) is 3.12. The van der Waals surface area contributed by atoms with Gasteiger partial charge in [-0.1, -0.05) is 0 Å². The first-order valence-electron chi connectivity index (χ1n) is 5.11. The number of anilines is 1. The van der Waals surface area contributed by atoms with E-state index in [0.717, 1.165) is 6.54 Å². The molecule has 1 aromatic heterocycles. The van der Waals surface area contributed by atoms with Gasteiger partial charge in [0.1, 0.15) is 5.82 Å². The first-order chi connectivity index (χ1) is 7.18. The summed E-state index contributed by atoms with van der Waals surface area (Å²) in [5.74, 6) is 1.90. The highest BCUT2D eigenvalue weighted by Gasteiger charge is 2.29. The summed E-state index contributed by atoms with van der Waals surface area (Å²) >= 11 is 1.99. The van der Waals surface area contributed by atoms with Crippen LogP contribution in [0.4, 0.5) is 5.82 Å². The molecule has 0 spiro atoms. The minimum absolute atomic E-state index is 0.114. The van der Waals surface area contributed by atoms with Gasteiger partial charge in [0.25, 0.3) is 5.56 Å². The maximum atomic E-state index is 11.0. The number of nitrogens with zero attached hydrogens (tertiary/aromatic N) is 1. The van der Waals surface area contributed by atoms with Crippen LogP contribution in [0, 0.1) is 0 Å². The second kappa shape index (κ2) is 4.26. The molecule has 1 fully saturated rings. The van der Waals surface area contributed by atoms with Gasteiger partial charge in [-0.25, -0.2) is 4.98 Å². The van der Waals surface area contributed by atoms with Crippen LogP contribution < -0.4 is 10.9 Å². The van der Waals surface area contributed by atoms with Crippen molar-refractivity contribution >= 4 is 17.6 Å². The van der Waals surface area contributed by atoms with Gasteiger partial charge in [-0.05, 0) is 25.5 Å². The number of hydrogen-bond acceptors (Lipinski definition) is 4. The zero-order valence-corrected chi connectivity index (χ0v) is 9.56. The molecule has 1 atom stereocenters. The Balaban J connectivity index is 1.95. The molecule has 1 aromatic rings. The van der Waals surface area contributed by atoms with Crippen LogP contribution in [0.5, 0.6) is 0 Å². The molecule has 2 heterocycles. The maximum Gasteiger partial charge on any atom is 0.252 e. The van der Waals surface area contributed by atoms with Crippen molar-refractivity contribution in [3.63, 3.8) is 0 Å². The van der Waals surface area contributed by atoms with E-state index in [1.807, 2.05) is 11.8 Å². The van der Waals surface area contributed by atoms with Crippen LogP contribution in [0.1, 0.15) is 19.8 Å². The Bertz CT molecular complexity index is 384. The van der Waals surface area contributed by atoms with E-state index in [1.54, 1.807) is 0 Å². The normalized spacial score (nSPS) is 25.4. The predicted molar refractivity (Wildman–Crippen MR) is 63.4 cm³/mol. The molecule has 0 radical (unpaired) electrons. The summed E-state index contributed by atoms with van der Waals surface area (Å²) in [5.41, 5.74) is -0.114. The van der Waals surface area contributed by atoms with Crippen molar-refractivity contribution in [2.24, 2.45) is 0 Å². The molecule has 0 aliphatic carbocycles. The zero-order valence-electron chi connectivity index (χ0n) is 8.75. The largest absolute Gasteiger partial charge is 0.368 e. The standard InChI is InChI=1S/C10H15N3OS/c1-10(3-2-4-15-10)6-11-8-5-9(14)13-7-12-8/h5,7H,2-4,6H2,1H3,(H2,11,12,13,14). The highest BCUT2D eigenvalue weighted by molar-refractivity contribution is 8.00. The summed E-state index contributed by atoms with van der Waals surface area (Å²) in [5, 5.41) is 3.22. The lowest BCUT2D eigenvalue weighted by Gasteiger charge is -2.22. The third kappa shape index (κ3) is 2.75. The van der Waals surface area contributed by atoms with Gasteiger partial charge in [-0.3, -0.25) is 4.79 Å². The Kier molecular flexibility index (Phi) is 3.00. The molecule has 1 unspecified atom stereocenters. The Morgan fingerprint density at radius 2 is 2.60 bits per heavy atom. The van der Waals surface area contributed by atoms with E-state index in [9.17, 15) is 4.79 Å². The number of rotatable bonds is 3. The number of nitrogens with one attached hydrogen (secondary N) is 2. The summed E-state index contributed by atoms with van der Waals surface area (Å²) in [6, 6.07) is 1.49. The average molecular weight is 225 g/mol. The molecular formula is C10H15N3OS. The number of aromatic amines is 1. The highest BCUT2D eigenvalue weighted by atomic mass is 32.2. The first kappa shape index (κ1) is 10.5. The Labute approximate surface area is 92.9 Å². The minimum Gasteiger partial charge on any atom is -0.368 e. The fraction of sp³-hybridized carbons (Fsp3) is 0.600. The lowest BCUT2D eigenvalue weighted by Crippen LogP contribution is -2.27. The van der Waals surface area contributed by atoms with Crippen molar-refractivity contribution in [1.29, 1.82) is 0 Å². The fourth-order valence-corrected chi connectivity index (χ4v) is 2.96.